The summed E-state index contributed by atoms with van der Waals surface area (Å²) >= 11 is 0. The summed E-state index contributed by atoms with van der Waals surface area (Å²) in [4.78, 5) is 8.41. The van der Waals surface area contributed by atoms with Crippen molar-refractivity contribution in [1.29, 1.82) is 0 Å². The predicted molar refractivity (Wildman–Crippen MR) is 107 cm³/mol. The second kappa shape index (κ2) is 7.62. The lowest BCUT2D eigenvalue weighted by Gasteiger charge is -2.36. The quantitative estimate of drug-likeness (QED) is 0.673. The van der Waals surface area contributed by atoms with Gasteiger partial charge < -0.3 is 15.2 Å². The van der Waals surface area contributed by atoms with E-state index in [1.807, 2.05) is 0 Å². The van der Waals surface area contributed by atoms with Crippen LogP contribution in [0.15, 0.2) is 60.8 Å². The molecule has 1 aromatic heterocycles. The van der Waals surface area contributed by atoms with Gasteiger partial charge in [0.1, 0.15) is 5.82 Å². The summed E-state index contributed by atoms with van der Waals surface area (Å²) in [7, 11) is 0. The van der Waals surface area contributed by atoms with Crippen molar-refractivity contribution in [3.63, 3.8) is 0 Å². The molecule has 0 atom stereocenters. The maximum absolute atomic E-state index is 3.55. The number of nitrogens with one attached hydrogen (secondary N) is 2. The summed E-state index contributed by atoms with van der Waals surface area (Å²) in [5, 5.41) is 6.09. The fourth-order valence-electron chi connectivity index (χ4n) is 3.61. The number of rotatable bonds is 6. The average molecular weight is 334 g/mol. The smallest absolute Gasteiger partial charge is 0.111 e. The van der Waals surface area contributed by atoms with Gasteiger partial charge in [0.05, 0.1) is 0 Å². The van der Waals surface area contributed by atoms with E-state index in [9.17, 15) is 0 Å². The van der Waals surface area contributed by atoms with Crippen molar-refractivity contribution >= 4 is 22.3 Å². The summed E-state index contributed by atoms with van der Waals surface area (Å²) in [6.07, 6.45) is 3.24. The van der Waals surface area contributed by atoms with Crippen LogP contribution in [0.3, 0.4) is 0 Å². The normalized spacial score (nSPS) is 15.6. The van der Waals surface area contributed by atoms with Gasteiger partial charge in [-0.15, -0.1) is 0 Å². The highest BCUT2D eigenvalue weighted by molar-refractivity contribution is 5.92. The fraction of sp³-hybridized carbons (Fsp3) is 0.333. The van der Waals surface area contributed by atoms with Crippen LogP contribution in [-0.4, -0.2) is 49.2 Å². The number of aromatic nitrogens is 1. The van der Waals surface area contributed by atoms with Crippen molar-refractivity contribution in [1.82, 2.24) is 9.88 Å². The van der Waals surface area contributed by atoms with E-state index in [2.05, 4.69) is 80.9 Å². The first-order valence-corrected chi connectivity index (χ1v) is 9.22. The first-order valence-electron chi connectivity index (χ1n) is 9.22. The van der Waals surface area contributed by atoms with E-state index in [1.54, 1.807) is 0 Å². The highest BCUT2D eigenvalue weighted by Gasteiger charge is 2.16. The molecule has 4 heteroatoms. The number of para-hydroxylation sites is 1. The Morgan fingerprint density at radius 3 is 2.48 bits per heavy atom. The molecule has 2 N–H and O–H groups in total. The molecule has 0 bridgehead atoms. The average Bonchev–Trinajstić information content (AvgIpc) is 3.10. The van der Waals surface area contributed by atoms with Crippen molar-refractivity contribution in [3.05, 3.63) is 60.8 Å². The number of benzene rings is 2. The monoisotopic (exact) mass is 334 g/mol. The molecule has 0 radical (unpaired) electrons. The molecule has 3 aromatic rings. The topological polar surface area (TPSA) is 34.3 Å². The summed E-state index contributed by atoms with van der Waals surface area (Å²) in [6, 6.07) is 19.2. The number of hydrogen-bond acceptors (Lipinski definition) is 3. The Morgan fingerprint density at radius 2 is 1.64 bits per heavy atom. The Balaban J connectivity index is 1.20. The Kier molecular flexibility index (Phi) is 4.89. The van der Waals surface area contributed by atoms with E-state index in [0.29, 0.717) is 0 Å². The van der Waals surface area contributed by atoms with Gasteiger partial charge in [0, 0.05) is 55.4 Å². The SMILES string of the molecule is c1ccc(N2CCN(CCCNc3[nH]cc4ccccc34)CC2)cc1. The van der Waals surface area contributed by atoms with Gasteiger partial charge in [0.15, 0.2) is 0 Å². The second-order valence-electron chi connectivity index (χ2n) is 6.70. The predicted octanol–water partition coefficient (Wildman–Crippen LogP) is 3.79. The Morgan fingerprint density at radius 1 is 0.880 bits per heavy atom. The number of H-pyrrole nitrogens is 1. The fourth-order valence-corrected chi connectivity index (χ4v) is 3.61. The van der Waals surface area contributed by atoms with E-state index in [4.69, 9.17) is 0 Å². The minimum absolute atomic E-state index is 1.00. The molecule has 0 aliphatic carbocycles. The molecule has 1 aliphatic rings. The largest absolute Gasteiger partial charge is 0.371 e. The number of nitrogens with zero attached hydrogens (tertiary/aromatic N) is 2. The maximum atomic E-state index is 3.55. The maximum Gasteiger partial charge on any atom is 0.111 e. The molecule has 0 spiro atoms. The van der Waals surface area contributed by atoms with E-state index in [-0.39, 0.29) is 0 Å². The molecule has 130 valence electrons. The minimum Gasteiger partial charge on any atom is -0.371 e. The molecule has 1 saturated heterocycles. The van der Waals surface area contributed by atoms with Gasteiger partial charge in [0.2, 0.25) is 0 Å². The summed E-state index contributed by atoms with van der Waals surface area (Å²) < 4.78 is 0. The van der Waals surface area contributed by atoms with E-state index >= 15 is 0 Å². The van der Waals surface area contributed by atoms with Crippen molar-refractivity contribution in [2.45, 2.75) is 6.42 Å². The molecule has 0 unspecified atom stereocenters. The first kappa shape index (κ1) is 16.0. The zero-order valence-corrected chi connectivity index (χ0v) is 14.6. The number of aromatic amines is 1. The van der Waals surface area contributed by atoms with Gasteiger partial charge in [-0.2, -0.15) is 0 Å². The molecule has 2 heterocycles. The van der Waals surface area contributed by atoms with E-state index in [0.717, 1.165) is 45.1 Å². The highest BCUT2D eigenvalue weighted by Crippen LogP contribution is 2.22. The third-order valence-corrected chi connectivity index (χ3v) is 5.05. The highest BCUT2D eigenvalue weighted by atomic mass is 15.3. The second-order valence-corrected chi connectivity index (χ2v) is 6.70. The molecular weight excluding hydrogens is 308 g/mol. The lowest BCUT2D eigenvalue weighted by molar-refractivity contribution is 0.257. The van der Waals surface area contributed by atoms with Gasteiger partial charge in [-0.1, -0.05) is 42.5 Å². The molecule has 0 saturated carbocycles. The molecule has 4 rings (SSSR count). The van der Waals surface area contributed by atoms with Crippen LogP contribution in [0.2, 0.25) is 0 Å². The molecule has 25 heavy (non-hydrogen) atoms. The Labute approximate surface area is 149 Å². The molecule has 4 nitrogen and oxygen atoms in total. The first-order chi connectivity index (χ1) is 12.4. The standard InChI is InChI=1S/C21H26N4/c1-2-8-19(9-3-1)25-15-13-24(14-16-25)12-6-11-22-21-20-10-5-4-7-18(20)17-23-21/h1-5,7-10,17,22-23H,6,11-16H2. The van der Waals surface area contributed by atoms with Gasteiger partial charge in [-0.25, -0.2) is 0 Å². The Hall–Kier alpha value is -2.46. The molecule has 1 aliphatic heterocycles. The van der Waals surface area contributed by atoms with E-state index in [1.165, 1.54) is 22.9 Å². The van der Waals surface area contributed by atoms with Crippen LogP contribution in [0, 0.1) is 0 Å². The van der Waals surface area contributed by atoms with Crippen LogP contribution < -0.4 is 10.2 Å². The molecule has 1 fully saturated rings. The van der Waals surface area contributed by atoms with E-state index < -0.39 is 0 Å². The number of piperazine rings is 1. The number of hydrogen-bond donors (Lipinski definition) is 2. The van der Waals surface area contributed by atoms with Crippen molar-refractivity contribution in [3.8, 4) is 0 Å². The lowest BCUT2D eigenvalue weighted by Crippen LogP contribution is -2.46. The lowest BCUT2D eigenvalue weighted by atomic mass is 10.2. The minimum atomic E-state index is 1.00. The van der Waals surface area contributed by atoms with Gasteiger partial charge >= 0.3 is 0 Å². The van der Waals surface area contributed by atoms with Crippen LogP contribution in [0.5, 0.6) is 0 Å². The third-order valence-electron chi connectivity index (χ3n) is 5.05. The van der Waals surface area contributed by atoms with Crippen molar-refractivity contribution in [2.24, 2.45) is 0 Å². The summed E-state index contributed by atoms with van der Waals surface area (Å²) in [6.45, 7) is 6.72. The Bertz CT molecular complexity index is 788. The van der Waals surface area contributed by atoms with Crippen LogP contribution >= 0.6 is 0 Å². The molecular formula is C21H26N4. The number of fused-ring (bicyclic) bond motifs is 1. The van der Waals surface area contributed by atoms with Crippen LogP contribution in [0.4, 0.5) is 11.5 Å². The zero-order valence-electron chi connectivity index (χ0n) is 14.6. The van der Waals surface area contributed by atoms with Crippen LogP contribution in [-0.2, 0) is 0 Å². The molecule has 2 aromatic carbocycles. The number of anilines is 2. The van der Waals surface area contributed by atoms with Crippen molar-refractivity contribution in [2.75, 3.05) is 49.5 Å². The van der Waals surface area contributed by atoms with Crippen LogP contribution in [0.25, 0.3) is 10.8 Å². The third kappa shape index (κ3) is 3.80. The van der Waals surface area contributed by atoms with Gasteiger partial charge in [-0.05, 0) is 25.1 Å². The molecule has 0 amide bonds. The zero-order chi connectivity index (χ0) is 16.9. The van der Waals surface area contributed by atoms with Gasteiger partial charge in [-0.3, -0.25) is 4.90 Å². The van der Waals surface area contributed by atoms with Crippen LogP contribution in [0.1, 0.15) is 6.42 Å². The summed E-state index contributed by atoms with van der Waals surface area (Å²) in [5.41, 5.74) is 1.35. The van der Waals surface area contributed by atoms with Gasteiger partial charge in [0.25, 0.3) is 0 Å². The summed E-state index contributed by atoms with van der Waals surface area (Å²) in [5.74, 6) is 1.14. The van der Waals surface area contributed by atoms with Crippen molar-refractivity contribution < 1.29 is 0 Å².